The van der Waals surface area contributed by atoms with Gasteiger partial charge in [0.2, 0.25) is 0 Å². The second kappa shape index (κ2) is 6.92. The number of hydrogen-bond donors (Lipinski definition) is 1. The average molecular weight is 262 g/mol. The Balaban J connectivity index is 2.16. The van der Waals surface area contributed by atoms with E-state index < -0.39 is 0 Å². The van der Waals surface area contributed by atoms with Crippen molar-refractivity contribution in [3.8, 4) is 0 Å². The summed E-state index contributed by atoms with van der Waals surface area (Å²) in [6, 6.07) is 9.09. The standard InChI is InChI=1S/C16H26N2O/c1-4-19-14-8-7-11-18(12-14)16-10-6-5-9-15(16)13(2)17-3/h5-6,9-10,13-14,17H,4,7-8,11-12H2,1-3H3. The summed E-state index contributed by atoms with van der Waals surface area (Å²) in [5, 5.41) is 3.34. The van der Waals surface area contributed by atoms with Gasteiger partial charge in [-0.25, -0.2) is 0 Å². The van der Waals surface area contributed by atoms with Crippen LogP contribution in [0.25, 0.3) is 0 Å². The molecular weight excluding hydrogens is 236 g/mol. The minimum atomic E-state index is 0.378. The van der Waals surface area contributed by atoms with Crippen LogP contribution in [0.15, 0.2) is 24.3 Å². The highest BCUT2D eigenvalue weighted by Gasteiger charge is 2.22. The Morgan fingerprint density at radius 1 is 1.42 bits per heavy atom. The topological polar surface area (TPSA) is 24.5 Å². The highest BCUT2D eigenvalue weighted by Crippen LogP contribution is 2.28. The van der Waals surface area contributed by atoms with Crippen molar-refractivity contribution in [3.63, 3.8) is 0 Å². The Hall–Kier alpha value is -1.06. The molecule has 1 N–H and O–H groups in total. The van der Waals surface area contributed by atoms with Crippen LogP contribution < -0.4 is 10.2 Å². The van der Waals surface area contributed by atoms with E-state index in [-0.39, 0.29) is 0 Å². The minimum absolute atomic E-state index is 0.378. The average Bonchev–Trinajstić information content (AvgIpc) is 2.47. The zero-order chi connectivity index (χ0) is 13.7. The van der Waals surface area contributed by atoms with Gasteiger partial charge in [-0.15, -0.1) is 0 Å². The van der Waals surface area contributed by atoms with Gasteiger partial charge in [-0.1, -0.05) is 18.2 Å². The molecule has 0 amide bonds. The molecular formula is C16H26N2O. The summed E-state index contributed by atoms with van der Waals surface area (Å²) < 4.78 is 5.80. The summed E-state index contributed by atoms with van der Waals surface area (Å²) in [5.41, 5.74) is 2.73. The largest absolute Gasteiger partial charge is 0.377 e. The Morgan fingerprint density at radius 2 is 2.21 bits per heavy atom. The van der Waals surface area contributed by atoms with Gasteiger partial charge in [-0.05, 0) is 45.4 Å². The van der Waals surface area contributed by atoms with E-state index in [0.29, 0.717) is 12.1 Å². The van der Waals surface area contributed by atoms with Crippen LogP contribution in [-0.2, 0) is 4.74 Å². The van der Waals surface area contributed by atoms with Gasteiger partial charge < -0.3 is 15.0 Å². The second-order valence-corrected chi connectivity index (χ2v) is 5.23. The van der Waals surface area contributed by atoms with Crippen LogP contribution in [0.4, 0.5) is 5.69 Å². The summed E-state index contributed by atoms with van der Waals surface area (Å²) in [4.78, 5) is 2.48. The minimum Gasteiger partial charge on any atom is -0.377 e. The first-order valence-corrected chi connectivity index (χ1v) is 7.39. The van der Waals surface area contributed by atoms with Crippen LogP contribution in [0.5, 0.6) is 0 Å². The Morgan fingerprint density at radius 3 is 2.95 bits per heavy atom. The van der Waals surface area contributed by atoms with Crippen molar-refractivity contribution >= 4 is 5.69 Å². The van der Waals surface area contributed by atoms with Gasteiger partial charge in [-0.3, -0.25) is 0 Å². The number of nitrogens with one attached hydrogen (secondary N) is 1. The molecule has 0 aromatic heterocycles. The number of hydrogen-bond acceptors (Lipinski definition) is 3. The first-order chi connectivity index (χ1) is 9.26. The van der Waals surface area contributed by atoms with E-state index in [9.17, 15) is 0 Å². The van der Waals surface area contributed by atoms with Crippen molar-refractivity contribution in [2.24, 2.45) is 0 Å². The second-order valence-electron chi connectivity index (χ2n) is 5.23. The Bertz CT molecular complexity index is 392. The molecule has 0 spiro atoms. The first kappa shape index (κ1) is 14.4. The van der Waals surface area contributed by atoms with Gasteiger partial charge in [0.15, 0.2) is 0 Å². The molecule has 0 aliphatic carbocycles. The number of piperidine rings is 1. The normalized spacial score (nSPS) is 21.4. The molecule has 1 aliphatic rings. The van der Waals surface area contributed by atoms with Crippen molar-refractivity contribution in [3.05, 3.63) is 29.8 Å². The van der Waals surface area contributed by atoms with Gasteiger partial charge in [0.25, 0.3) is 0 Å². The highest BCUT2D eigenvalue weighted by molar-refractivity contribution is 5.55. The van der Waals surface area contributed by atoms with E-state index >= 15 is 0 Å². The molecule has 0 radical (unpaired) electrons. The summed E-state index contributed by atoms with van der Waals surface area (Å²) in [6.07, 6.45) is 2.79. The highest BCUT2D eigenvalue weighted by atomic mass is 16.5. The molecule has 0 bridgehead atoms. The monoisotopic (exact) mass is 262 g/mol. The van der Waals surface area contributed by atoms with E-state index in [1.165, 1.54) is 24.1 Å². The van der Waals surface area contributed by atoms with E-state index in [4.69, 9.17) is 4.74 Å². The maximum Gasteiger partial charge on any atom is 0.0750 e. The van der Waals surface area contributed by atoms with Gasteiger partial charge in [-0.2, -0.15) is 0 Å². The SMILES string of the molecule is CCOC1CCCN(c2ccccc2C(C)NC)C1. The Labute approximate surface area is 116 Å². The molecule has 2 atom stereocenters. The maximum atomic E-state index is 5.80. The lowest BCUT2D eigenvalue weighted by Gasteiger charge is -2.36. The van der Waals surface area contributed by atoms with Crippen molar-refractivity contribution in [1.29, 1.82) is 0 Å². The summed E-state index contributed by atoms with van der Waals surface area (Å²) in [7, 11) is 2.01. The fourth-order valence-electron chi connectivity index (χ4n) is 2.83. The third kappa shape index (κ3) is 3.48. The van der Waals surface area contributed by atoms with E-state index in [1.807, 2.05) is 7.05 Å². The predicted molar refractivity (Wildman–Crippen MR) is 80.8 cm³/mol. The van der Waals surface area contributed by atoms with E-state index in [2.05, 4.69) is 48.3 Å². The number of nitrogens with zero attached hydrogens (tertiary/aromatic N) is 1. The number of rotatable bonds is 5. The quantitative estimate of drug-likeness (QED) is 0.883. The molecule has 1 aromatic carbocycles. The lowest BCUT2D eigenvalue weighted by Crippen LogP contribution is -2.40. The van der Waals surface area contributed by atoms with E-state index in [0.717, 1.165) is 19.7 Å². The van der Waals surface area contributed by atoms with Gasteiger partial charge in [0, 0.05) is 31.4 Å². The molecule has 2 unspecified atom stereocenters. The van der Waals surface area contributed by atoms with Gasteiger partial charge in [0.05, 0.1) is 6.10 Å². The van der Waals surface area contributed by atoms with Gasteiger partial charge >= 0.3 is 0 Å². The van der Waals surface area contributed by atoms with Crippen molar-refractivity contribution in [2.45, 2.75) is 38.8 Å². The van der Waals surface area contributed by atoms with Crippen LogP contribution in [0, 0.1) is 0 Å². The number of benzene rings is 1. The maximum absolute atomic E-state index is 5.80. The van der Waals surface area contributed by atoms with Crippen LogP contribution in [-0.4, -0.2) is 32.8 Å². The molecule has 1 aliphatic heterocycles. The van der Waals surface area contributed by atoms with Crippen LogP contribution >= 0.6 is 0 Å². The lowest BCUT2D eigenvalue weighted by atomic mass is 10.0. The molecule has 0 saturated carbocycles. The van der Waals surface area contributed by atoms with Crippen molar-refractivity contribution in [2.75, 3.05) is 31.6 Å². The zero-order valence-corrected chi connectivity index (χ0v) is 12.4. The summed E-state index contributed by atoms with van der Waals surface area (Å²) in [5.74, 6) is 0. The number of ether oxygens (including phenoxy) is 1. The molecule has 1 fully saturated rings. The van der Waals surface area contributed by atoms with Crippen molar-refractivity contribution in [1.82, 2.24) is 5.32 Å². The Kier molecular flexibility index (Phi) is 5.23. The lowest BCUT2D eigenvalue weighted by molar-refractivity contribution is 0.0526. The fourth-order valence-corrected chi connectivity index (χ4v) is 2.83. The molecule has 1 saturated heterocycles. The fraction of sp³-hybridized carbons (Fsp3) is 0.625. The number of anilines is 1. The smallest absolute Gasteiger partial charge is 0.0750 e. The molecule has 106 valence electrons. The number of para-hydroxylation sites is 1. The predicted octanol–water partition coefficient (Wildman–Crippen LogP) is 2.97. The molecule has 2 rings (SSSR count). The zero-order valence-electron chi connectivity index (χ0n) is 12.4. The van der Waals surface area contributed by atoms with Gasteiger partial charge in [0.1, 0.15) is 0 Å². The molecule has 3 nitrogen and oxygen atoms in total. The molecule has 1 aromatic rings. The third-order valence-electron chi connectivity index (χ3n) is 3.96. The van der Waals surface area contributed by atoms with Crippen LogP contribution in [0.3, 0.4) is 0 Å². The van der Waals surface area contributed by atoms with Crippen LogP contribution in [0.2, 0.25) is 0 Å². The van der Waals surface area contributed by atoms with Crippen LogP contribution in [0.1, 0.15) is 38.3 Å². The molecule has 19 heavy (non-hydrogen) atoms. The van der Waals surface area contributed by atoms with Crippen molar-refractivity contribution < 1.29 is 4.74 Å². The first-order valence-electron chi connectivity index (χ1n) is 7.39. The molecule has 1 heterocycles. The summed E-state index contributed by atoms with van der Waals surface area (Å²) in [6.45, 7) is 7.25. The summed E-state index contributed by atoms with van der Waals surface area (Å²) >= 11 is 0. The van der Waals surface area contributed by atoms with E-state index in [1.54, 1.807) is 0 Å². The third-order valence-corrected chi connectivity index (χ3v) is 3.96. The molecule has 3 heteroatoms.